The largest absolute Gasteiger partial charge is 0.508 e. The van der Waals surface area contributed by atoms with Gasteiger partial charge in [-0.15, -0.1) is 11.3 Å². The monoisotopic (exact) mass is 210 g/mol. The molecule has 1 nitrogen and oxygen atoms in total. The molecule has 0 aliphatic rings. The maximum Gasteiger partial charge on any atom is 0.115 e. The number of rotatable bonds is 1. The standard InChI is InChI=1S/C10H7ClOS/c11-8-5-10(13-6-8)7-1-3-9(12)4-2-7/h1-6,12H. The zero-order chi connectivity index (χ0) is 9.26. The molecule has 1 N–H and O–H groups in total. The maximum atomic E-state index is 9.09. The highest BCUT2D eigenvalue weighted by Crippen LogP contribution is 2.30. The molecule has 1 aromatic heterocycles. The van der Waals surface area contributed by atoms with Crippen molar-refractivity contribution in [2.75, 3.05) is 0 Å². The highest BCUT2D eigenvalue weighted by Gasteiger charge is 2.00. The van der Waals surface area contributed by atoms with Gasteiger partial charge in [-0.05, 0) is 35.9 Å². The van der Waals surface area contributed by atoms with Crippen molar-refractivity contribution in [2.45, 2.75) is 0 Å². The first-order valence-corrected chi connectivity index (χ1v) is 5.05. The first-order chi connectivity index (χ1) is 6.25. The minimum absolute atomic E-state index is 0.284. The molecule has 3 heteroatoms. The van der Waals surface area contributed by atoms with Crippen LogP contribution in [0.2, 0.25) is 5.02 Å². The molecule has 0 atom stereocenters. The second-order valence-corrected chi connectivity index (χ2v) is 4.02. The molecule has 1 aromatic carbocycles. The molecule has 0 saturated heterocycles. The van der Waals surface area contributed by atoms with E-state index in [-0.39, 0.29) is 5.75 Å². The lowest BCUT2D eigenvalue weighted by molar-refractivity contribution is 0.475. The van der Waals surface area contributed by atoms with E-state index in [1.54, 1.807) is 23.5 Å². The Labute approximate surface area is 85.2 Å². The summed E-state index contributed by atoms with van der Waals surface area (Å²) in [5.74, 6) is 0.284. The minimum atomic E-state index is 0.284. The molecule has 0 radical (unpaired) electrons. The lowest BCUT2D eigenvalue weighted by atomic mass is 10.2. The first kappa shape index (κ1) is 8.60. The predicted molar refractivity (Wildman–Crippen MR) is 56.4 cm³/mol. The van der Waals surface area contributed by atoms with Crippen LogP contribution < -0.4 is 0 Å². The van der Waals surface area contributed by atoms with Crippen LogP contribution in [0.25, 0.3) is 10.4 Å². The molecule has 0 saturated carbocycles. The highest BCUT2D eigenvalue weighted by atomic mass is 35.5. The normalized spacial score (nSPS) is 10.2. The fourth-order valence-electron chi connectivity index (χ4n) is 1.09. The van der Waals surface area contributed by atoms with Crippen molar-refractivity contribution in [2.24, 2.45) is 0 Å². The van der Waals surface area contributed by atoms with Gasteiger partial charge < -0.3 is 5.11 Å². The van der Waals surface area contributed by atoms with Crippen LogP contribution in [-0.2, 0) is 0 Å². The molecular formula is C10H7ClOS. The molecule has 1 heterocycles. The van der Waals surface area contributed by atoms with Crippen molar-refractivity contribution in [1.82, 2.24) is 0 Å². The van der Waals surface area contributed by atoms with E-state index in [0.29, 0.717) is 0 Å². The molecule has 0 bridgehead atoms. The van der Waals surface area contributed by atoms with Gasteiger partial charge in [-0.3, -0.25) is 0 Å². The van der Waals surface area contributed by atoms with Crippen LogP contribution in [0.1, 0.15) is 0 Å². The van der Waals surface area contributed by atoms with Crippen LogP contribution in [0.4, 0.5) is 0 Å². The third-order valence-corrected chi connectivity index (χ3v) is 3.05. The molecule has 0 aliphatic heterocycles. The van der Waals surface area contributed by atoms with Gasteiger partial charge in [0.05, 0.1) is 5.02 Å². The number of halogens is 1. The Hall–Kier alpha value is -0.990. The van der Waals surface area contributed by atoms with Gasteiger partial charge in [-0.2, -0.15) is 0 Å². The Kier molecular flexibility index (Phi) is 2.25. The molecule has 0 fully saturated rings. The summed E-state index contributed by atoms with van der Waals surface area (Å²) in [6.45, 7) is 0. The summed E-state index contributed by atoms with van der Waals surface area (Å²) in [7, 11) is 0. The zero-order valence-corrected chi connectivity index (χ0v) is 8.27. The number of benzene rings is 1. The number of hydrogen-bond donors (Lipinski definition) is 1. The molecule has 13 heavy (non-hydrogen) atoms. The Morgan fingerprint density at radius 3 is 2.38 bits per heavy atom. The topological polar surface area (TPSA) is 20.2 Å². The smallest absolute Gasteiger partial charge is 0.115 e. The molecular weight excluding hydrogens is 204 g/mol. The van der Waals surface area contributed by atoms with Crippen molar-refractivity contribution in [3.8, 4) is 16.2 Å². The highest BCUT2D eigenvalue weighted by molar-refractivity contribution is 7.14. The summed E-state index contributed by atoms with van der Waals surface area (Å²) in [5.41, 5.74) is 1.08. The van der Waals surface area contributed by atoms with Crippen LogP contribution >= 0.6 is 22.9 Å². The van der Waals surface area contributed by atoms with E-state index in [9.17, 15) is 0 Å². The van der Waals surface area contributed by atoms with Crippen LogP contribution in [0.5, 0.6) is 5.75 Å². The second-order valence-electron chi connectivity index (χ2n) is 2.68. The molecule has 0 spiro atoms. The zero-order valence-electron chi connectivity index (χ0n) is 6.70. The van der Waals surface area contributed by atoms with Gasteiger partial charge in [0, 0.05) is 10.3 Å². The SMILES string of the molecule is Oc1ccc(-c2cc(Cl)cs2)cc1. The van der Waals surface area contributed by atoms with Crippen molar-refractivity contribution < 1.29 is 5.11 Å². The number of aromatic hydroxyl groups is 1. The summed E-state index contributed by atoms with van der Waals surface area (Å²) in [6.07, 6.45) is 0. The van der Waals surface area contributed by atoms with Crippen molar-refractivity contribution in [1.29, 1.82) is 0 Å². The van der Waals surface area contributed by atoms with Gasteiger partial charge in [-0.25, -0.2) is 0 Å². The molecule has 0 unspecified atom stereocenters. The van der Waals surface area contributed by atoms with Gasteiger partial charge in [0.1, 0.15) is 5.75 Å². The summed E-state index contributed by atoms with van der Waals surface area (Å²) in [4.78, 5) is 1.12. The third kappa shape index (κ3) is 1.85. The third-order valence-electron chi connectivity index (χ3n) is 1.72. The Morgan fingerprint density at radius 2 is 1.85 bits per heavy atom. The van der Waals surface area contributed by atoms with Gasteiger partial charge >= 0.3 is 0 Å². The Balaban J connectivity index is 2.41. The van der Waals surface area contributed by atoms with Crippen LogP contribution in [-0.4, -0.2) is 5.11 Å². The van der Waals surface area contributed by atoms with Crippen molar-refractivity contribution in [3.63, 3.8) is 0 Å². The van der Waals surface area contributed by atoms with E-state index in [4.69, 9.17) is 16.7 Å². The molecule has 0 amide bonds. The van der Waals surface area contributed by atoms with Crippen LogP contribution in [0.15, 0.2) is 35.7 Å². The fraction of sp³-hybridized carbons (Fsp3) is 0. The van der Waals surface area contributed by atoms with E-state index in [1.807, 2.05) is 23.6 Å². The van der Waals surface area contributed by atoms with E-state index < -0.39 is 0 Å². The lowest BCUT2D eigenvalue weighted by Crippen LogP contribution is -1.69. The van der Waals surface area contributed by atoms with Crippen LogP contribution in [0.3, 0.4) is 0 Å². The van der Waals surface area contributed by atoms with E-state index >= 15 is 0 Å². The summed E-state index contributed by atoms with van der Waals surface area (Å²) < 4.78 is 0. The maximum absolute atomic E-state index is 9.09. The van der Waals surface area contributed by atoms with E-state index in [2.05, 4.69) is 0 Å². The average Bonchev–Trinajstić information content (AvgIpc) is 2.53. The fourth-order valence-corrected chi connectivity index (χ4v) is 2.17. The van der Waals surface area contributed by atoms with E-state index in [1.165, 1.54) is 0 Å². The van der Waals surface area contributed by atoms with E-state index in [0.717, 1.165) is 15.5 Å². The molecule has 2 aromatic rings. The summed E-state index contributed by atoms with van der Waals surface area (Å²) in [6, 6.07) is 9.00. The van der Waals surface area contributed by atoms with Crippen molar-refractivity contribution in [3.05, 3.63) is 40.7 Å². The predicted octanol–water partition coefficient (Wildman–Crippen LogP) is 3.77. The lowest BCUT2D eigenvalue weighted by Gasteiger charge is -1.96. The van der Waals surface area contributed by atoms with Crippen molar-refractivity contribution >= 4 is 22.9 Å². The summed E-state index contributed by atoms with van der Waals surface area (Å²) in [5, 5.41) is 11.7. The summed E-state index contributed by atoms with van der Waals surface area (Å²) >= 11 is 7.40. The number of phenolic OH excluding ortho intramolecular Hbond substituents is 1. The molecule has 2 rings (SSSR count). The van der Waals surface area contributed by atoms with Gasteiger partial charge in [0.2, 0.25) is 0 Å². The molecule has 66 valence electrons. The Morgan fingerprint density at radius 1 is 1.15 bits per heavy atom. The quantitative estimate of drug-likeness (QED) is 0.760. The van der Waals surface area contributed by atoms with Gasteiger partial charge in [-0.1, -0.05) is 11.6 Å². The van der Waals surface area contributed by atoms with Gasteiger partial charge in [0.15, 0.2) is 0 Å². The number of hydrogen-bond acceptors (Lipinski definition) is 2. The molecule has 0 aliphatic carbocycles. The first-order valence-electron chi connectivity index (χ1n) is 3.79. The average molecular weight is 211 g/mol. The minimum Gasteiger partial charge on any atom is -0.508 e. The number of thiophene rings is 1. The number of phenols is 1. The Bertz CT molecular complexity index is 405. The van der Waals surface area contributed by atoms with Crippen LogP contribution in [0, 0.1) is 0 Å². The second kappa shape index (κ2) is 3.40. The van der Waals surface area contributed by atoms with Gasteiger partial charge in [0.25, 0.3) is 0 Å².